The van der Waals surface area contributed by atoms with Crippen molar-refractivity contribution in [3.05, 3.63) is 77.6 Å². The van der Waals surface area contributed by atoms with Gasteiger partial charge in [-0.15, -0.1) is 0 Å². The normalized spacial score (nSPS) is 10.3. The van der Waals surface area contributed by atoms with Gasteiger partial charge in [0.1, 0.15) is 11.5 Å². The van der Waals surface area contributed by atoms with Gasteiger partial charge in [-0.05, 0) is 35.9 Å². The molecule has 3 amide bonds. The third kappa shape index (κ3) is 4.83. The number of hydrogen-bond acceptors (Lipinski definition) is 4. The van der Waals surface area contributed by atoms with Crippen molar-refractivity contribution in [2.45, 2.75) is 6.42 Å². The molecule has 3 rings (SSSR count). The van der Waals surface area contributed by atoms with E-state index >= 15 is 0 Å². The Morgan fingerprint density at radius 1 is 0.966 bits per heavy atom. The molecule has 0 aliphatic rings. The molecule has 148 valence electrons. The van der Waals surface area contributed by atoms with E-state index in [1.54, 1.807) is 42.5 Å². The fourth-order valence-electron chi connectivity index (χ4n) is 2.61. The van der Waals surface area contributed by atoms with E-state index < -0.39 is 17.6 Å². The van der Waals surface area contributed by atoms with Gasteiger partial charge in [0.05, 0.1) is 12.7 Å². The molecule has 1 heterocycles. The second-order valence-electron chi connectivity index (χ2n) is 6.05. The molecule has 1 aromatic heterocycles. The second kappa shape index (κ2) is 8.79. The van der Waals surface area contributed by atoms with Crippen LogP contribution in [0.5, 0.6) is 0 Å². The van der Waals surface area contributed by atoms with E-state index in [9.17, 15) is 18.8 Å². The molecule has 29 heavy (non-hydrogen) atoms. The molecule has 0 saturated heterocycles. The van der Waals surface area contributed by atoms with Crippen molar-refractivity contribution in [1.29, 1.82) is 0 Å². The molecule has 4 N–H and O–H groups in total. The number of amides is 3. The van der Waals surface area contributed by atoms with Crippen molar-refractivity contribution in [1.82, 2.24) is 15.3 Å². The summed E-state index contributed by atoms with van der Waals surface area (Å²) in [6, 6.07) is 12.4. The summed E-state index contributed by atoms with van der Waals surface area (Å²) in [5, 5.41) is 7.72. The molecular weight excluding hydrogens is 377 g/mol. The number of H-pyrrole nitrogens is 1. The summed E-state index contributed by atoms with van der Waals surface area (Å²) in [5.74, 6) is -1.81. The quantitative estimate of drug-likeness (QED) is 0.513. The van der Waals surface area contributed by atoms with E-state index in [-0.39, 0.29) is 23.7 Å². The van der Waals surface area contributed by atoms with Gasteiger partial charge in [-0.25, -0.2) is 9.37 Å². The van der Waals surface area contributed by atoms with Crippen molar-refractivity contribution in [2.75, 3.05) is 17.7 Å². The fraction of sp³-hybridized carbons (Fsp3) is 0.100. The highest BCUT2D eigenvalue weighted by Crippen LogP contribution is 2.16. The topological polar surface area (TPSA) is 116 Å². The molecule has 0 bridgehead atoms. The van der Waals surface area contributed by atoms with Crippen LogP contribution in [-0.2, 0) is 11.2 Å². The number of halogens is 1. The van der Waals surface area contributed by atoms with Gasteiger partial charge in [0.15, 0.2) is 5.69 Å². The van der Waals surface area contributed by atoms with Crippen LogP contribution in [0, 0.1) is 5.82 Å². The van der Waals surface area contributed by atoms with Crippen LogP contribution in [0.3, 0.4) is 0 Å². The van der Waals surface area contributed by atoms with Crippen molar-refractivity contribution >= 4 is 29.1 Å². The van der Waals surface area contributed by atoms with Crippen LogP contribution in [0.1, 0.15) is 26.5 Å². The van der Waals surface area contributed by atoms with Crippen LogP contribution in [0.15, 0.2) is 54.9 Å². The summed E-state index contributed by atoms with van der Waals surface area (Å²) in [5.41, 5.74) is 1.27. The number of nitrogens with zero attached hydrogens (tertiary/aromatic N) is 1. The number of benzene rings is 2. The molecule has 0 aliphatic heterocycles. The Kier molecular flexibility index (Phi) is 5.98. The second-order valence-corrected chi connectivity index (χ2v) is 6.05. The van der Waals surface area contributed by atoms with Crippen molar-refractivity contribution in [3.8, 4) is 0 Å². The summed E-state index contributed by atoms with van der Waals surface area (Å²) < 4.78 is 13.6. The van der Waals surface area contributed by atoms with Crippen LogP contribution >= 0.6 is 0 Å². The number of carbonyl (C=O) groups is 3. The minimum absolute atomic E-state index is 0.0355. The van der Waals surface area contributed by atoms with Crippen LogP contribution in [0.2, 0.25) is 0 Å². The standard InChI is InChI=1S/C20H18FN5O3/c1-22-19(28)17-18(24-11-23-17)20(29)26-14-8-6-13(7-9-14)25-16(27)10-12-4-2-3-5-15(12)21/h2-9,11H,10H2,1H3,(H,22,28)(H,23,24)(H,25,27)(H,26,29). The van der Waals surface area contributed by atoms with Crippen LogP contribution in [0.25, 0.3) is 0 Å². The number of hydrogen-bond donors (Lipinski definition) is 4. The molecule has 0 atom stereocenters. The minimum Gasteiger partial charge on any atom is -0.354 e. The predicted molar refractivity (Wildman–Crippen MR) is 105 cm³/mol. The zero-order valence-electron chi connectivity index (χ0n) is 15.5. The molecule has 3 aromatic rings. The van der Waals surface area contributed by atoms with E-state index in [1.807, 2.05) is 0 Å². The molecule has 0 fully saturated rings. The van der Waals surface area contributed by atoms with Gasteiger partial charge in [0.2, 0.25) is 5.91 Å². The Morgan fingerprint density at radius 2 is 1.62 bits per heavy atom. The monoisotopic (exact) mass is 395 g/mol. The molecular formula is C20H18FN5O3. The van der Waals surface area contributed by atoms with Gasteiger partial charge in [-0.2, -0.15) is 0 Å². The van der Waals surface area contributed by atoms with E-state index in [1.165, 1.54) is 19.4 Å². The summed E-state index contributed by atoms with van der Waals surface area (Å²) in [6.07, 6.45) is 1.17. The average molecular weight is 395 g/mol. The minimum atomic E-state index is -0.554. The zero-order chi connectivity index (χ0) is 20.8. The number of carbonyl (C=O) groups excluding carboxylic acids is 3. The summed E-state index contributed by atoms with van der Waals surface area (Å²) in [4.78, 5) is 42.6. The van der Waals surface area contributed by atoms with E-state index in [2.05, 4.69) is 25.9 Å². The van der Waals surface area contributed by atoms with Crippen LogP contribution < -0.4 is 16.0 Å². The Morgan fingerprint density at radius 3 is 2.28 bits per heavy atom. The maximum atomic E-state index is 13.6. The van der Waals surface area contributed by atoms with E-state index in [4.69, 9.17) is 0 Å². The molecule has 0 aliphatic carbocycles. The van der Waals surface area contributed by atoms with Crippen LogP contribution in [0.4, 0.5) is 15.8 Å². The highest BCUT2D eigenvalue weighted by atomic mass is 19.1. The third-order valence-electron chi connectivity index (χ3n) is 4.04. The number of imidazole rings is 1. The maximum absolute atomic E-state index is 13.6. The number of aromatic nitrogens is 2. The lowest BCUT2D eigenvalue weighted by Gasteiger charge is -2.08. The molecule has 0 radical (unpaired) electrons. The highest BCUT2D eigenvalue weighted by molar-refractivity contribution is 6.10. The summed E-state index contributed by atoms with van der Waals surface area (Å²) in [6.45, 7) is 0. The van der Waals surface area contributed by atoms with Gasteiger partial charge in [-0.3, -0.25) is 14.4 Å². The van der Waals surface area contributed by atoms with Crippen LogP contribution in [-0.4, -0.2) is 34.7 Å². The molecule has 9 heteroatoms. The number of anilines is 2. The van der Waals surface area contributed by atoms with E-state index in [0.717, 1.165) is 0 Å². The first kappa shape index (κ1) is 19.7. The molecule has 8 nitrogen and oxygen atoms in total. The number of nitrogens with one attached hydrogen (secondary N) is 4. The highest BCUT2D eigenvalue weighted by Gasteiger charge is 2.19. The Bertz CT molecular complexity index is 1050. The van der Waals surface area contributed by atoms with E-state index in [0.29, 0.717) is 16.9 Å². The van der Waals surface area contributed by atoms with Crippen molar-refractivity contribution < 1.29 is 18.8 Å². The lowest BCUT2D eigenvalue weighted by molar-refractivity contribution is -0.115. The Balaban J connectivity index is 1.61. The maximum Gasteiger partial charge on any atom is 0.276 e. The van der Waals surface area contributed by atoms with Gasteiger partial charge >= 0.3 is 0 Å². The zero-order valence-corrected chi connectivity index (χ0v) is 15.5. The van der Waals surface area contributed by atoms with Crippen molar-refractivity contribution in [2.24, 2.45) is 0 Å². The van der Waals surface area contributed by atoms with Crippen molar-refractivity contribution in [3.63, 3.8) is 0 Å². The molecule has 0 unspecified atom stereocenters. The predicted octanol–water partition coefficient (Wildman–Crippen LogP) is 2.34. The first-order valence-electron chi connectivity index (χ1n) is 8.68. The summed E-state index contributed by atoms with van der Waals surface area (Å²) in [7, 11) is 1.45. The fourth-order valence-corrected chi connectivity index (χ4v) is 2.61. The molecule has 2 aromatic carbocycles. The number of aromatic amines is 1. The Labute approximate surface area is 165 Å². The average Bonchev–Trinajstić information content (AvgIpc) is 3.21. The first-order valence-corrected chi connectivity index (χ1v) is 8.68. The Hall–Kier alpha value is -4.01. The van der Waals surface area contributed by atoms with Gasteiger partial charge in [0, 0.05) is 18.4 Å². The van der Waals surface area contributed by atoms with Gasteiger partial charge in [0.25, 0.3) is 11.8 Å². The number of rotatable bonds is 6. The first-order chi connectivity index (χ1) is 14.0. The smallest absolute Gasteiger partial charge is 0.276 e. The molecule has 0 spiro atoms. The SMILES string of the molecule is CNC(=O)c1[nH]cnc1C(=O)Nc1ccc(NC(=O)Cc2ccccc2F)cc1. The van der Waals surface area contributed by atoms with Gasteiger partial charge < -0.3 is 20.9 Å². The summed E-state index contributed by atoms with van der Waals surface area (Å²) >= 11 is 0. The van der Waals surface area contributed by atoms with Gasteiger partial charge in [-0.1, -0.05) is 18.2 Å². The lowest BCUT2D eigenvalue weighted by atomic mass is 10.1. The third-order valence-corrected chi connectivity index (χ3v) is 4.04. The largest absolute Gasteiger partial charge is 0.354 e. The molecule has 0 saturated carbocycles. The lowest BCUT2D eigenvalue weighted by Crippen LogP contribution is -2.23.